The molecule has 3 aromatic rings. The van der Waals surface area contributed by atoms with Crippen LogP contribution in [0, 0.1) is 11.6 Å². The molecule has 0 spiro atoms. The van der Waals surface area contributed by atoms with E-state index in [1.807, 2.05) is 0 Å². The van der Waals surface area contributed by atoms with E-state index in [0.29, 0.717) is 24.2 Å². The summed E-state index contributed by atoms with van der Waals surface area (Å²) in [5, 5.41) is 8.78. The number of hydrogen-bond donors (Lipinski definition) is 2. The Hall–Kier alpha value is -3.48. The van der Waals surface area contributed by atoms with Crippen molar-refractivity contribution < 1.29 is 22.0 Å². The monoisotopic (exact) mass is 423 g/mol. The summed E-state index contributed by atoms with van der Waals surface area (Å²) in [5.74, 6) is -2.06. The maximum atomic E-state index is 14.0. The Kier molecular flexibility index (Phi) is 5.50. The molecule has 10 nitrogen and oxygen atoms in total. The Morgan fingerprint density at radius 1 is 1.14 bits per heavy atom. The molecule has 0 saturated carbocycles. The van der Waals surface area contributed by atoms with Gasteiger partial charge in [0, 0.05) is 24.3 Å². The minimum absolute atomic E-state index is 0.245. The van der Waals surface area contributed by atoms with Crippen LogP contribution in [0.2, 0.25) is 0 Å². The second-order valence-corrected chi connectivity index (χ2v) is 7.89. The fraction of sp³-hybridized carbons (Fsp3) is 0.188. The molecule has 3 rings (SSSR count). The lowest BCUT2D eigenvalue weighted by Crippen LogP contribution is -2.32. The van der Waals surface area contributed by atoms with Crippen LogP contribution in [0.3, 0.4) is 0 Å². The smallest absolute Gasteiger partial charge is 0.319 e. The lowest BCUT2D eigenvalue weighted by molar-refractivity contribution is 0.248. The molecular formula is C16H15F2N7O3S. The van der Waals surface area contributed by atoms with Gasteiger partial charge in [0.25, 0.3) is 5.95 Å². The number of rotatable bonds is 5. The number of benzene rings is 1. The predicted octanol–water partition coefficient (Wildman–Crippen LogP) is 1.62. The number of carbonyl (C=O) groups is 1. The van der Waals surface area contributed by atoms with Gasteiger partial charge in [-0.15, -0.1) is 0 Å². The highest BCUT2D eigenvalue weighted by Gasteiger charge is 2.22. The Balaban J connectivity index is 1.75. The minimum atomic E-state index is -4.10. The zero-order chi connectivity index (χ0) is 21.2. The van der Waals surface area contributed by atoms with Gasteiger partial charge in [0.05, 0.1) is 6.04 Å². The first-order valence-electron chi connectivity index (χ1n) is 8.10. The van der Waals surface area contributed by atoms with E-state index >= 15 is 0 Å². The van der Waals surface area contributed by atoms with Gasteiger partial charge in [-0.25, -0.2) is 36.9 Å². The number of urea groups is 1. The average molecular weight is 423 g/mol. The van der Waals surface area contributed by atoms with Gasteiger partial charge in [-0.3, -0.25) is 0 Å². The molecule has 1 aromatic carbocycles. The fourth-order valence-electron chi connectivity index (χ4n) is 2.52. The zero-order valence-corrected chi connectivity index (χ0v) is 16.0. The van der Waals surface area contributed by atoms with Gasteiger partial charge in [-0.2, -0.15) is 9.78 Å². The molecule has 1 atom stereocenters. The van der Waals surface area contributed by atoms with Crippen molar-refractivity contribution in [1.82, 2.24) is 30.0 Å². The van der Waals surface area contributed by atoms with E-state index in [1.165, 1.54) is 23.4 Å². The third-order valence-corrected chi connectivity index (χ3v) is 4.81. The van der Waals surface area contributed by atoms with Crippen LogP contribution in [0.15, 0.2) is 41.8 Å². The number of sulfone groups is 1. The number of amides is 2. The first-order valence-corrected chi connectivity index (χ1v) is 10.00. The van der Waals surface area contributed by atoms with E-state index in [9.17, 15) is 22.0 Å². The molecule has 0 fully saturated rings. The minimum Gasteiger partial charge on any atom is -0.328 e. The highest BCUT2D eigenvalue weighted by atomic mass is 32.2. The maximum Gasteiger partial charge on any atom is 0.319 e. The molecule has 0 aliphatic rings. The van der Waals surface area contributed by atoms with E-state index in [1.54, 1.807) is 13.0 Å². The first kappa shape index (κ1) is 20.3. The molecule has 152 valence electrons. The molecule has 0 aliphatic carbocycles. The molecule has 2 N–H and O–H groups in total. The van der Waals surface area contributed by atoms with Gasteiger partial charge in [0.1, 0.15) is 22.9 Å². The van der Waals surface area contributed by atoms with Gasteiger partial charge >= 0.3 is 6.03 Å². The number of anilines is 1. The van der Waals surface area contributed by atoms with Crippen LogP contribution >= 0.6 is 0 Å². The Morgan fingerprint density at radius 2 is 1.76 bits per heavy atom. The van der Waals surface area contributed by atoms with Crippen LogP contribution in [0.1, 0.15) is 18.8 Å². The van der Waals surface area contributed by atoms with E-state index in [-0.39, 0.29) is 11.6 Å². The molecule has 0 radical (unpaired) electrons. The summed E-state index contributed by atoms with van der Waals surface area (Å²) in [6.45, 7) is 1.61. The topological polar surface area (TPSA) is 132 Å². The quantitative estimate of drug-likeness (QED) is 0.637. The fourth-order valence-corrected chi connectivity index (χ4v) is 3.34. The summed E-state index contributed by atoms with van der Waals surface area (Å²) < 4.78 is 52.1. The zero-order valence-electron chi connectivity index (χ0n) is 15.2. The van der Waals surface area contributed by atoms with Crippen LogP contribution < -0.4 is 10.6 Å². The van der Waals surface area contributed by atoms with Crippen molar-refractivity contribution in [3.05, 3.63) is 54.4 Å². The normalized spacial score (nSPS) is 12.4. The van der Waals surface area contributed by atoms with Gasteiger partial charge < -0.3 is 10.6 Å². The highest BCUT2D eigenvalue weighted by molar-refractivity contribution is 7.90. The number of nitrogens with one attached hydrogen (secondary N) is 2. The lowest BCUT2D eigenvalue weighted by Gasteiger charge is -2.15. The summed E-state index contributed by atoms with van der Waals surface area (Å²) in [6, 6.07) is 1.58. The SMILES string of the molecule is C[C@H](NC(=O)Nc1cc(F)c(S(C)(=O)=O)c(F)c1)c1ncnn1-c1ncccn1. The summed E-state index contributed by atoms with van der Waals surface area (Å²) in [4.78, 5) is 23.3. The molecular weight excluding hydrogens is 408 g/mol. The molecule has 0 unspecified atom stereocenters. The molecule has 2 heterocycles. The second-order valence-electron chi connectivity index (χ2n) is 5.94. The Morgan fingerprint density at radius 3 is 2.34 bits per heavy atom. The van der Waals surface area contributed by atoms with Crippen molar-refractivity contribution in [3.63, 3.8) is 0 Å². The van der Waals surface area contributed by atoms with Crippen molar-refractivity contribution in [1.29, 1.82) is 0 Å². The summed E-state index contributed by atoms with van der Waals surface area (Å²) >= 11 is 0. The summed E-state index contributed by atoms with van der Waals surface area (Å²) in [5.41, 5.74) is -0.259. The van der Waals surface area contributed by atoms with Gasteiger partial charge in [-0.1, -0.05) is 0 Å². The highest BCUT2D eigenvalue weighted by Crippen LogP contribution is 2.23. The summed E-state index contributed by atoms with van der Waals surface area (Å²) in [6.07, 6.45) is 4.97. The van der Waals surface area contributed by atoms with Crippen molar-refractivity contribution in [2.75, 3.05) is 11.6 Å². The van der Waals surface area contributed by atoms with Gasteiger partial charge in [0.15, 0.2) is 15.7 Å². The van der Waals surface area contributed by atoms with Crippen molar-refractivity contribution >= 4 is 21.6 Å². The molecule has 0 bridgehead atoms. The van der Waals surface area contributed by atoms with E-state index < -0.39 is 38.4 Å². The van der Waals surface area contributed by atoms with Crippen LogP contribution in [-0.2, 0) is 9.84 Å². The van der Waals surface area contributed by atoms with Crippen LogP contribution in [-0.4, -0.2) is 45.4 Å². The van der Waals surface area contributed by atoms with E-state index in [0.717, 1.165) is 0 Å². The van der Waals surface area contributed by atoms with E-state index in [4.69, 9.17) is 0 Å². The molecule has 13 heteroatoms. The van der Waals surface area contributed by atoms with Crippen LogP contribution in [0.4, 0.5) is 19.3 Å². The largest absolute Gasteiger partial charge is 0.328 e. The molecule has 29 heavy (non-hydrogen) atoms. The van der Waals surface area contributed by atoms with Gasteiger partial charge in [0.2, 0.25) is 0 Å². The summed E-state index contributed by atoms with van der Waals surface area (Å²) in [7, 11) is -4.10. The van der Waals surface area contributed by atoms with Crippen molar-refractivity contribution in [2.45, 2.75) is 17.9 Å². The third-order valence-electron chi connectivity index (χ3n) is 3.68. The Labute approximate surface area is 163 Å². The van der Waals surface area contributed by atoms with Crippen molar-refractivity contribution in [3.8, 4) is 5.95 Å². The number of aromatic nitrogens is 5. The first-order chi connectivity index (χ1) is 13.7. The number of carbonyl (C=O) groups excluding carboxylic acids is 1. The average Bonchev–Trinajstić information content (AvgIpc) is 3.10. The van der Waals surface area contributed by atoms with Gasteiger partial charge in [-0.05, 0) is 25.1 Å². The standard InChI is InChI=1S/C16H15F2N7O3S/c1-9(14-21-8-22-25(14)15-19-4-3-5-20-15)23-16(26)24-10-6-11(17)13(12(18)7-10)29(2,27)28/h3-9H,1-2H3,(H2,23,24,26)/t9-/m0/s1. The predicted molar refractivity (Wildman–Crippen MR) is 97.0 cm³/mol. The molecule has 2 aromatic heterocycles. The second kappa shape index (κ2) is 7.87. The number of nitrogens with zero attached hydrogens (tertiary/aromatic N) is 5. The van der Waals surface area contributed by atoms with E-state index in [2.05, 4.69) is 30.7 Å². The lowest BCUT2D eigenvalue weighted by atomic mass is 10.3. The Bertz CT molecular complexity index is 1130. The molecule has 0 saturated heterocycles. The van der Waals surface area contributed by atoms with Crippen molar-refractivity contribution in [2.24, 2.45) is 0 Å². The molecule has 0 aliphatic heterocycles. The number of hydrogen-bond acceptors (Lipinski definition) is 7. The van der Waals surface area contributed by atoms with Crippen LogP contribution in [0.5, 0.6) is 0 Å². The molecule has 2 amide bonds. The van der Waals surface area contributed by atoms with Crippen LogP contribution in [0.25, 0.3) is 5.95 Å². The maximum absolute atomic E-state index is 14.0. The third kappa shape index (κ3) is 4.51. The number of halogens is 2.